The highest BCUT2D eigenvalue weighted by Crippen LogP contribution is 2.37. The Kier molecular flexibility index (Phi) is 3.88. The summed E-state index contributed by atoms with van der Waals surface area (Å²) in [5, 5.41) is 0. The summed E-state index contributed by atoms with van der Waals surface area (Å²) in [6.07, 6.45) is 1.98. The quantitative estimate of drug-likeness (QED) is 0.609. The minimum atomic E-state index is 0.0157. The second-order valence-electron chi connectivity index (χ2n) is 5.01. The van der Waals surface area contributed by atoms with Gasteiger partial charge in [-0.05, 0) is 30.0 Å². The van der Waals surface area contributed by atoms with Crippen molar-refractivity contribution in [3.8, 4) is 0 Å². The molecule has 0 bridgehead atoms. The molecule has 20 heavy (non-hydrogen) atoms. The van der Waals surface area contributed by atoms with Crippen molar-refractivity contribution in [2.24, 2.45) is 0 Å². The Labute approximate surface area is 127 Å². The molecule has 0 aliphatic carbocycles. The average molecular weight is 330 g/mol. The van der Waals surface area contributed by atoms with Crippen molar-refractivity contribution in [1.29, 1.82) is 0 Å². The lowest BCUT2D eigenvalue weighted by atomic mass is 10.1. The van der Waals surface area contributed by atoms with Gasteiger partial charge in [0.15, 0.2) is 0 Å². The van der Waals surface area contributed by atoms with Gasteiger partial charge in [-0.15, -0.1) is 0 Å². The highest BCUT2D eigenvalue weighted by molar-refractivity contribution is 9.09. The molecular formula is C17H16BrNO. The lowest BCUT2D eigenvalue weighted by molar-refractivity contribution is 0.0775. The summed E-state index contributed by atoms with van der Waals surface area (Å²) >= 11 is 3.64. The number of nitrogens with zero attached hydrogens (tertiary/aromatic N) is 1. The van der Waals surface area contributed by atoms with Gasteiger partial charge in [0.2, 0.25) is 0 Å². The van der Waals surface area contributed by atoms with E-state index in [2.05, 4.69) is 40.2 Å². The molecule has 0 spiro atoms. The van der Waals surface area contributed by atoms with Crippen molar-refractivity contribution < 1.29 is 4.79 Å². The molecule has 0 radical (unpaired) electrons. The normalized spacial score (nSPS) is 17.4. The van der Waals surface area contributed by atoms with Crippen LogP contribution in [0.5, 0.6) is 0 Å². The van der Waals surface area contributed by atoms with Crippen molar-refractivity contribution in [2.75, 3.05) is 6.54 Å². The standard InChI is InChI=1S/C17H16BrNO/c18-16-14-10-4-5-11-15(14)17(20)19(16)12-6-9-13-7-2-1-3-8-13/h1-5,7-8,10-11,16H,6,9,12H2. The first kappa shape index (κ1) is 13.4. The number of carbonyl (C=O) groups is 1. The van der Waals surface area contributed by atoms with E-state index in [0.29, 0.717) is 0 Å². The van der Waals surface area contributed by atoms with Gasteiger partial charge in [-0.25, -0.2) is 0 Å². The highest BCUT2D eigenvalue weighted by atomic mass is 79.9. The van der Waals surface area contributed by atoms with Crippen molar-refractivity contribution >= 4 is 21.8 Å². The van der Waals surface area contributed by atoms with Gasteiger partial charge < -0.3 is 4.90 Å². The van der Waals surface area contributed by atoms with Gasteiger partial charge in [0, 0.05) is 12.1 Å². The average Bonchev–Trinajstić information content (AvgIpc) is 2.74. The van der Waals surface area contributed by atoms with Crippen LogP contribution in [0.2, 0.25) is 0 Å². The molecule has 0 saturated carbocycles. The molecule has 2 nitrogen and oxygen atoms in total. The van der Waals surface area contributed by atoms with E-state index in [-0.39, 0.29) is 10.9 Å². The fraction of sp³-hybridized carbons (Fsp3) is 0.235. The Morgan fingerprint density at radius 1 is 1.00 bits per heavy atom. The van der Waals surface area contributed by atoms with Gasteiger partial charge in [-0.2, -0.15) is 0 Å². The number of aryl methyl sites for hydroxylation is 1. The highest BCUT2D eigenvalue weighted by Gasteiger charge is 2.33. The Morgan fingerprint density at radius 3 is 2.45 bits per heavy atom. The fourth-order valence-corrected chi connectivity index (χ4v) is 3.43. The number of amides is 1. The zero-order chi connectivity index (χ0) is 13.9. The molecule has 0 N–H and O–H groups in total. The molecule has 1 heterocycles. The van der Waals surface area contributed by atoms with Crippen molar-refractivity contribution in [3.63, 3.8) is 0 Å². The number of fused-ring (bicyclic) bond motifs is 1. The molecule has 2 aromatic rings. The number of hydrogen-bond acceptors (Lipinski definition) is 1. The fourth-order valence-electron chi connectivity index (χ4n) is 2.64. The molecule has 1 atom stereocenters. The summed E-state index contributed by atoms with van der Waals surface area (Å²) in [6, 6.07) is 18.2. The van der Waals surface area contributed by atoms with Crippen LogP contribution >= 0.6 is 15.9 Å². The number of benzene rings is 2. The lowest BCUT2D eigenvalue weighted by Gasteiger charge is -2.20. The maximum atomic E-state index is 12.3. The molecule has 3 heteroatoms. The van der Waals surface area contributed by atoms with Gasteiger partial charge in [-0.1, -0.05) is 64.5 Å². The molecular weight excluding hydrogens is 314 g/mol. The number of hydrogen-bond donors (Lipinski definition) is 0. The third-order valence-electron chi connectivity index (χ3n) is 3.69. The predicted molar refractivity (Wildman–Crippen MR) is 83.9 cm³/mol. The van der Waals surface area contributed by atoms with Crippen LogP contribution in [0.4, 0.5) is 0 Å². The van der Waals surface area contributed by atoms with Crippen LogP contribution in [-0.2, 0) is 6.42 Å². The van der Waals surface area contributed by atoms with E-state index in [1.165, 1.54) is 5.56 Å². The number of rotatable bonds is 4. The van der Waals surface area contributed by atoms with Crippen LogP contribution in [-0.4, -0.2) is 17.4 Å². The summed E-state index contributed by atoms with van der Waals surface area (Å²) < 4.78 is 0. The zero-order valence-electron chi connectivity index (χ0n) is 11.1. The van der Waals surface area contributed by atoms with E-state index >= 15 is 0 Å². The monoisotopic (exact) mass is 329 g/mol. The zero-order valence-corrected chi connectivity index (χ0v) is 12.7. The summed E-state index contributed by atoms with van der Waals surface area (Å²) in [4.78, 5) is 14.3. The SMILES string of the molecule is O=C1c2ccccc2C(Br)N1CCCc1ccccc1. The van der Waals surface area contributed by atoms with E-state index in [0.717, 1.165) is 30.5 Å². The first-order valence-electron chi connectivity index (χ1n) is 6.85. The minimum absolute atomic E-state index is 0.0157. The smallest absolute Gasteiger partial charge is 0.255 e. The molecule has 0 aromatic heterocycles. The van der Waals surface area contributed by atoms with Crippen molar-refractivity contribution in [2.45, 2.75) is 17.8 Å². The van der Waals surface area contributed by atoms with Gasteiger partial charge >= 0.3 is 0 Å². The second-order valence-corrected chi connectivity index (χ2v) is 5.88. The molecule has 2 aromatic carbocycles. The third kappa shape index (κ3) is 2.50. The third-order valence-corrected chi connectivity index (χ3v) is 4.68. The van der Waals surface area contributed by atoms with Gasteiger partial charge in [0.1, 0.15) is 4.95 Å². The first-order chi connectivity index (χ1) is 9.77. The summed E-state index contributed by atoms with van der Waals surface area (Å²) in [5.41, 5.74) is 3.23. The van der Waals surface area contributed by atoms with Crippen LogP contribution < -0.4 is 0 Å². The molecule has 1 amide bonds. The second kappa shape index (κ2) is 5.80. The van der Waals surface area contributed by atoms with E-state index in [1.807, 2.05) is 35.2 Å². The first-order valence-corrected chi connectivity index (χ1v) is 7.77. The Hall–Kier alpha value is -1.61. The van der Waals surface area contributed by atoms with Crippen LogP contribution in [0.3, 0.4) is 0 Å². The number of halogens is 1. The summed E-state index contributed by atoms with van der Waals surface area (Å²) in [7, 11) is 0. The Balaban J connectivity index is 1.64. The minimum Gasteiger partial charge on any atom is -0.322 e. The summed E-state index contributed by atoms with van der Waals surface area (Å²) in [5.74, 6) is 0.135. The maximum absolute atomic E-state index is 12.3. The van der Waals surface area contributed by atoms with E-state index < -0.39 is 0 Å². The number of carbonyl (C=O) groups excluding carboxylic acids is 1. The number of alkyl halides is 1. The van der Waals surface area contributed by atoms with Gasteiger partial charge in [0.25, 0.3) is 5.91 Å². The largest absolute Gasteiger partial charge is 0.322 e. The van der Waals surface area contributed by atoms with E-state index in [9.17, 15) is 4.79 Å². The van der Waals surface area contributed by atoms with Crippen LogP contribution in [0.25, 0.3) is 0 Å². The molecule has 102 valence electrons. The van der Waals surface area contributed by atoms with Crippen LogP contribution in [0.15, 0.2) is 54.6 Å². The predicted octanol–water partition coefficient (Wildman–Crippen LogP) is 4.17. The van der Waals surface area contributed by atoms with E-state index in [1.54, 1.807) is 0 Å². The summed E-state index contributed by atoms with van der Waals surface area (Å²) in [6.45, 7) is 0.776. The van der Waals surface area contributed by atoms with Gasteiger partial charge in [-0.3, -0.25) is 4.79 Å². The topological polar surface area (TPSA) is 20.3 Å². The molecule has 1 aliphatic heterocycles. The Morgan fingerprint density at radius 2 is 1.70 bits per heavy atom. The maximum Gasteiger partial charge on any atom is 0.255 e. The molecule has 0 saturated heterocycles. The van der Waals surface area contributed by atoms with E-state index in [4.69, 9.17) is 0 Å². The van der Waals surface area contributed by atoms with Crippen LogP contribution in [0.1, 0.15) is 32.9 Å². The van der Waals surface area contributed by atoms with Crippen molar-refractivity contribution in [1.82, 2.24) is 4.90 Å². The lowest BCUT2D eigenvalue weighted by Crippen LogP contribution is -2.26. The molecule has 3 rings (SSSR count). The Bertz CT molecular complexity index is 611. The molecule has 0 fully saturated rings. The van der Waals surface area contributed by atoms with Crippen molar-refractivity contribution in [3.05, 3.63) is 71.3 Å². The molecule has 1 unspecified atom stereocenters. The van der Waals surface area contributed by atoms with Gasteiger partial charge in [0.05, 0.1) is 0 Å². The molecule has 1 aliphatic rings. The van der Waals surface area contributed by atoms with Crippen LogP contribution in [0, 0.1) is 0 Å².